The first-order valence-corrected chi connectivity index (χ1v) is 23.5. The topological polar surface area (TPSA) is 65.2 Å². The molecule has 1 saturated carbocycles. The van der Waals surface area contributed by atoms with E-state index in [1.165, 1.54) is 34.2 Å². The van der Waals surface area contributed by atoms with Gasteiger partial charge in [-0.15, -0.1) is 0 Å². The van der Waals surface area contributed by atoms with Crippen molar-refractivity contribution < 1.29 is 10.2 Å². The van der Waals surface area contributed by atoms with Crippen LogP contribution in [-0.4, -0.2) is 34.7 Å². The van der Waals surface area contributed by atoms with Crippen molar-refractivity contribution in [1.82, 2.24) is 0 Å². The highest BCUT2D eigenvalue weighted by atomic mass is 16.3. The summed E-state index contributed by atoms with van der Waals surface area (Å²) in [7, 11) is 0. The summed E-state index contributed by atoms with van der Waals surface area (Å²) in [6, 6.07) is 55.9. The minimum Gasteiger partial charge on any atom is -0.507 e. The zero-order valence-electron chi connectivity index (χ0n) is 36.3. The maximum absolute atomic E-state index is 12.5. The van der Waals surface area contributed by atoms with Gasteiger partial charge in [0.05, 0.1) is 12.1 Å². The summed E-state index contributed by atoms with van der Waals surface area (Å²) in [5.41, 5.74) is 13.5. The van der Waals surface area contributed by atoms with Crippen molar-refractivity contribution in [1.29, 1.82) is 0 Å². The zero-order valence-corrected chi connectivity index (χ0v) is 36.3. The Morgan fingerprint density at radius 2 is 1.09 bits per heavy atom. The molecule has 1 unspecified atom stereocenters. The van der Waals surface area contributed by atoms with E-state index < -0.39 is 0 Å². The molecule has 3 aliphatic rings. The zero-order chi connectivity index (χ0) is 43.0. The lowest BCUT2D eigenvalue weighted by molar-refractivity contribution is 0.390. The second-order valence-electron chi connectivity index (χ2n) is 18.3. The average Bonchev–Trinajstić information content (AvgIpc) is 3.35. The fourth-order valence-corrected chi connectivity index (χ4v) is 11.4. The lowest BCUT2D eigenvalue weighted by atomic mass is 9.68. The minimum atomic E-state index is -0.0570. The van der Waals surface area contributed by atoms with E-state index in [1.807, 2.05) is 12.4 Å². The number of fused-ring (bicyclic) bond motifs is 4. The van der Waals surface area contributed by atoms with Crippen LogP contribution in [0.15, 0.2) is 168 Å². The molecule has 2 N–H and O–H groups in total. The highest BCUT2D eigenvalue weighted by Gasteiger charge is 2.35. The number of nitrogens with zero attached hydrogens (tertiary/aromatic N) is 2. The quantitative estimate of drug-likeness (QED) is 0.150. The number of aliphatic imine (C=N–C) groups is 2. The number of hydrogen-bond donors (Lipinski definition) is 2. The van der Waals surface area contributed by atoms with Gasteiger partial charge < -0.3 is 10.2 Å². The molecule has 0 amide bonds. The van der Waals surface area contributed by atoms with Crippen molar-refractivity contribution in [3.63, 3.8) is 0 Å². The van der Waals surface area contributed by atoms with Crippen LogP contribution in [0.3, 0.4) is 0 Å². The second kappa shape index (κ2) is 17.4. The van der Waals surface area contributed by atoms with Gasteiger partial charge in [-0.2, -0.15) is 0 Å². The number of aryl methyl sites for hydroxylation is 2. The molecule has 3 aliphatic carbocycles. The van der Waals surface area contributed by atoms with E-state index in [2.05, 4.69) is 158 Å². The molecule has 4 heteroatoms. The number of phenolic OH excluding ortho intramolecular Hbond substituents is 2. The van der Waals surface area contributed by atoms with Gasteiger partial charge in [0.25, 0.3) is 0 Å². The normalized spacial score (nSPS) is 19.9. The van der Waals surface area contributed by atoms with Gasteiger partial charge in [0, 0.05) is 40.6 Å². The Kier molecular flexibility index (Phi) is 10.9. The number of rotatable bonds is 8. The third-order valence-corrected chi connectivity index (χ3v) is 14.6. The van der Waals surface area contributed by atoms with Crippen LogP contribution < -0.4 is 0 Å². The van der Waals surface area contributed by atoms with Gasteiger partial charge in [0.15, 0.2) is 0 Å². The number of phenols is 2. The Bertz CT molecular complexity index is 3060. The maximum atomic E-state index is 12.5. The van der Waals surface area contributed by atoms with Crippen LogP contribution in [0.5, 0.6) is 11.5 Å². The summed E-state index contributed by atoms with van der Waals surface area (Å²) >= 11 is 0. The second-order valence-corrected chi connectivity index (χ2v) is 18.3. The van der Waals surface area contributed by atoms with Crippen molar-refractivity contribution in [2.45, 2.75) is 88.1 Å². The first kappa shape index (κ1) is 40.0. The van der Waals surface area contributed by atoms with E-state index in [9.17, 15) is 10.2 Å². The molecule has 8 aromatic rings. The summed E-state index contributed by atoms with van der Waals surface area (Å²) in [5, 5.41) is 29.4. The monoisotopic (exact) mass is 834 g/mol. The molecule has 4 atom stereocenters. The fraction of sp³-hybridized carbons (Fsp3) is 0.233. The van der Waals surface area contributed by atoms with Crippen molar-refractivity contribution in [2.24, 2.45) is 9.98 Å². The molecule has 8 aromatic carbocycles. The third-order valence-electron chi connectivity index (χ3n) is 14.6. The van der Waals surface area contributed by atoms with Gasteiger partial charge in [-0.25, -0.2) is 0 Å². The Hall–Kier alpha value is -6.78. The van der Waals surface area contributed by atoms with E-state index >= 15 is 0 Å². The Morgan fingerprint density at radius 3 is 1.84 bits per heavy atom. The molecule has 316 valence electrons. The molecule has 0 heterocycles. The van der Waals surface area contributed by atoms with E-state index in [0.29, 0.717) is 5.75 Å². The molecule has 0 saturated heterocycles. The molecule has 0 radical (unpaired) electrons. The Labute approximate surface area is 376 Å². The third kappa shape index (κ3) is 7.39. The summed E-state index contributed by atoms with van der Waals surface area (Å²) in [4.78, 5) is 10.6. The molecule has 4 nitrogen and oxygen atoms in total. The smallest absolute Gasteiger partial charge is 0.132 e. The Morgan fingerprint density at radius 1 is 0.484 bits per heavy atom. The van der Waals surface area contributed by atoms with Crippen LogP contribution in [-0.2, 0) is 19.3 Å². The SMILES string of the molecule is Oc1c(C=N[C@@H]2CCCC[C@H]2N=Cc2cc3ccccc3c([C@H]3c4ccccc4CCC3c3ccccc3)c2O)cc2ccccc2c1-c1c(-c2ccccc2)ccc2c1CCCC2. The fourth-order valence-electron chi connectivity index (χ4n) is 11.4. The predicted octanol–water partition coefficient (Wildman–Crippen LogP) is 14.3. The van der Waals surface area contributed by atoms with E-state index in [-0.39, 0.29) is 29.7 Å². The molecular formula is C60H54N2O2. The lowest BCUT2D eigenvalue weighted by Gasteiger charge is -2.36. The standard InChI is InChI=1S/C60H54N2O2/c63-59-45(35-43-23-9-13-27-49(43)57(59)55-47-25-11-7-21-41(47)31-33-51(55)39-17-3-1-4-18-39)37-61-53-29-15-16-30-54(53)62-38-46-36-44-24-10-14-28-50(44)58(60(46)64)56-48-26-12-8-22-42(48)32-34-52(56)40-19-5-2-6-20-40/h1-7,9-11,13-14,17-21,23-25,27-28,32,34-38,51,53-55,63-64H,8,12,15-16,22,26,29-31,33H2/t51?,53-,54-,55+/m1/s1. The summed E-state index contributed by atoms with van der Waals surface area (Å²) in [6.07, 6.45) is 14.2. The van der Waals surface area contributed by atoms with Crippen LogP contribution in [0.25, 0.3) is 43.8 Å². The van der Waals surface area contributed by atoms with E-state index in [1.54, 1.807) is 0 Å². The maximum Gasteiger partial charge on any atom is 0.132 e. The largest absolute Gasteiger partial charge is 0.507 e. The molecular weight excluding hydrogens is 781 g/mol. The van der Waals surface area contributed by atoms with Gasteiger partial charge in [0.2, 0.25) is 0 Å². The van der Waals surface area contributed by atoms with Crippen LogP contribution >= 0.6 is 0 Å². The highest BCUT2D eigenvalue weighted by molar-refractivity contribution is 6.08. The molecule has 0 spiro atoms. The van der Waals surface area contributed by atoms with E-state index in [0.717, 1.165) is 118 Å². The van der Waals surface area contributed by atoms with Gasteiger partial charge in [-0.05, 0) is 135 Å². The van der Waals surface area contributed by atoms with Crippen molar-refractivity contribution in [2.75, 3.05) is 0 Å². The first-order chi connectivity index (χ1) is 31.6. The average molecular weight is 835 g/mol. The van der Waals surface area contributed by atoms with E-state index in [4.69, 9.17) is 9.98 Å². The van der Waals surface area contributed by atoms with Crippen molar-refractivity contribution >= 4 is 34.0 Å². The van der Waals surface area contributed by atoms with Crippen molar-refractivity contribution in [3.8, 4) is 33.8 Å². The molecule has 0 aromatic heterocycles. The van der Waals surface area contributed by atoms with Crippen molar-refractivity contribution in [3.05, 3.63) is 202 Å². The highest BCUT2D eigenvalue weighted by Crippen LogP contribution is 2.52. The predicted molar refractivity (Wildman–Crippen MR) is 266 cm³/mol. The number of aromatic hydroxyl groups is 2. The van der Waals surface area contributed by atoms with Crippen LogP contribution in [0, 0.1) is 0 Å². The van der Waals surface area contributed by atoms with Gasteiger partial charge in [-0.3, -0.25) is 9.98 Å². The molecule has 0 aliphatic heterocycles. The van der Waals surface area contributed by atoms with Crippen LogP contribution in [0.2, 0.25) is 0 Å². The summed E-state index contributed by atoms with van der Waals surface area (Å²) in [6.45, 7) is 0. The van der Waals surface area contributed by atoms with Gasteiger partial charge in [0.1, 0.15) is 11.5 Å². The van der Waals surface area contributed by atoms with Crippen LogP contribution in [0.4, 0.5) is 0 Å². The summed E-state index contributed by atoms with van der Waals surface area (Å²) in [5.74, 6) is 0.801. The Balaban J connectivity index is 0.978. The molecule has 11 rings (SSSR count). The number of hydrogen-bond acceptors (Lipinski definition) is 4. The summed E-state index contributed by atoms with van der Waals surface area (Å²) < 4.78 is 0. The van der Waals surface area contributed by atoms with Crippen LogP contribution in [0.1, 0.15) is 101 Å². The molecule has 1 fully saturated rings. The van der Waals surface area contributed by atoms with Gasteiger partial charge >= 0.3 is 0 Å². The minimum absolute atomic E-state index is 0.0117. The lowest BCUT2D eigenvalue weighted by Crippen LogP contribution is -2.27. The number of benzene rings is 8. The molecule has 64 heavy (non-hydrogen) atoms. The van der Waals surface area contributed by atoms with Gasteiger partial charge in [-0.1, -0.05) is 158 Å². The molecule has 0 bridgehead atoms. The first-order valence-electron chi connectivity index (χ1n) is 23.5.